The number of ketones is 1. The molecule has 2 unspecified atom stereocenters. The van der Waals surface area contributed by atoms with Gasteiger partial charge in [0.15, 0.2) is 5.78 Å². The van der Waals surface area contributed by atoms with Crippen molar-refractivity contribution < 1.29 is 4.79 Å². The Hall–Kier alpha value is -0.410. The minimum absolute atomic E-state index is 0.132. The second kappa shape index (κ2) is 6.85. The maximum Gasteiger partial charge on any atom is 0.176 e. The number of rotatable bonds is 4. The van der Waals surface area contributed by atoms with Crippen LogP contribution in [0.2, 0.25) is 0 Å². The molecule has 1 aliphatic rings. The third kappa shape index (κ3) is 4.03. The molecule has 0 aromatic heterocycles. The average molecular weight is 294 g/mol. The van der Waals surface area contributed by atoms with E-state index in [0.717, 1.165) is 17.7 Å². The van der Waals surface area contributed by atoms with Gasteiger partial charge in [-0.2, -0.15) is 11.8 Å². The maximum absolute atomic E-state index is 12.6. The molecule has 3 heteroatoms. The van der Waals surface area contributed by atoms with Gasteiger partial charge >= 0.3 is 0 Å². The molecule has 1 aliphatic heterocycles. The normalized spacial score (nSPS) is 23.6. The van der Waals surface area contributed by atoms with Crippen molar-refractivity contribution in [2.24, 2.45) is 5.92 Å². The first-order chi connectivity index (χ1) is 9.08. The summed E-state index contributed by atoms with van der Waals surface area (Å²) in [7, 11) is 0. The van der Waals surface area contributed by atoms with Gasteiger partial charge in [0.2, 0.25) is 0 Å². The highest BCUT2D eigenvalue weighted by Crippen LogP contribution is 2.33. The molecule has 0 saturated carbocycles. The van der Waals surface area contributed by atoms with Gasteiger partial charge in [-0.25, -0.2) is 0 Å². The predicted octanol–water partition coefficient (Wildman–Crippen LogP) is 4.30. The van der Waals surface area contributed by atoms with Gasteiger partial charge in [0, 0.05) is 22.3 Å². The molecule has 2 rings (SSSR count). The van der Waals surface area contributed by atoms with Gasteiger partial charge in [0.1, 0.15) is 0 Å². The van der Waals surface area contributed by atoms with Crippen LogP contribution in [0.1, 0.15) is 36.7 Å². The number of hydrogen-bond donors (Lipinski definition) is 0. The fourth-order valence-corrected chi connectivity index (χ4v) is 5.13. The van der Waals surface area contributed by atoms with E-state index in [1.54, 1.807) is 0 Å². The monoisotopic (exact) mass is 294 g/mol. The van der Waals surface area contributed by atoms with Crippen molar-refractivity contribution in [2.45, 2.75) is 37.7 Å². The first-order valence-corrected chi connectivity index (χ1v) is 9.04. The second-order valence-electron chi connectivity index (χ2n) is 5.53. The Labute approximate surface area is 124 Å². The van der Waals surface area contributed by atoms with Gasteiger partial charge in [-0.05, 0) is 24.0 Å². The number of Topliss-reactive ketones (excluding diaryl/α,β-unsaturated/α-hetero) is 1. The Balaban J connectivity index is 2.14. The average Bonchev–Trinajstić information content (AvgIpc) is 2.38. The van der Waals surface area contributed by atoms with E-state index in [-0.39, 0.29) is 5.25 Å². The molecule has 0 N–H and O–H groups in total. The zero-order chi connectivity index (χ0) is 13.8. The number of hydrogen-bond acceptors (Lipinski definition) is 3. The van der Waals surface area contributed by atoms with E-state index < -0.39 is 0 Å². The van der Waals surface area contributed by atoms with Gasteiger partial charge in [-0.15, -0.1) is 11.8 Å². The van der Waals surface area contributed by atoms with Gasteiger partial charge in [0.25, 0.3) is 0 Å². The fraction of sp³-hybridized carbons (Fsp3) is 0.562. The van der Waals surface area contributed by atoms with E-state index in [4.69, 9.17) is 0 Å². The highest BCUT2D eigenvalue weighted by Gasteiger charge is 2.29. The highest BCUT2D eigenvalue weighted by atomic mass is 32.2. The summed E-state index contributed by atoms with van der Waals surface area (Å²) in [4.78, 5) is 12.6. The van der Waals surface area contributed by atoms with Crippen molar-refractivity contribution in [3.8, 4) is 0 Å². The number of thioether (sulfide) groups is 2. The molecular weight excluding hydrogens is 272 g/mol. The van der Waals surface area contributed by atoms with Crippen molar-refractivity contribution in [3.63, 3.8) is 0 Å². The van der Waals surface area contributed by atoms with Crippen LogP contribution in [0, 0.1) is 5.92 Å². The molecule has 1 heterocycles. The SMILES string of the molecule is CC(C)Cc1cccc(C(=O)C2SCCSC2C)c1. The Morgan fingerprint density at radius 1 is 1.32 bits per heavy atom. The number of carbonyl (C=O) groups is 1. The predicted molar refractivity (Wildman–Crippen MR) is 87.5 cm³/mol. The third-order valence-electron chi connectivity index (χ3n) is 3.30. The largest absolute Gasteiger partial charge is 0.293 e. The zero-order valence-corrected chi connectivity index (χ0v) is 13.5. The van der Waals surface area contributed by atoms with Crippen molar-refractivity contribution in [1.82, 2.24) is 0 Å². The van der Waals surface area contributed by atoms with Crippen LogP contribution in [0.5, 0.6) is 0 Å². The van der Waals surface area contributed by atoms with E-state index in [9.17, 15) is 4.79 Å². The minimum atomic E-state index is 0.132. The van der Waals surface area contributed by atoms with Crippen LogP contribution in [0.15, 0.2) is 24.3 Å². The van der Waals surface area contributed by atoms with E-state index >= 15 is 0 Å². The Morgan fingerprint density at radius 3 is 2.74 bits per heavy atom. The third-order valence-corrected chi connectivity index (χ3v) is 6.39. The van der Waals surface area contributed by atoms with E-state index in [1.165, 1.54) is 11.3 Å². The summed E-state index contributed by atoms with van der Waals surface area (Å²) in [5.41, 5.74) is 2.17. The molecule has 0 radical (unpaired) electrons. The minimum Gasteiger partial charge on any atom is -0.293 e. The van der Waals surface area contributed by atoms with Gasteiger partial charge < -0.3 is 0 Å². The standard InChI is InChI=1S/C16H22OS2/c1-11(2)9-13-5-4-6-14(10-13)15(17)16-12(3)18-7-8-19-16/h4-6,10-12,16H,7-9H2,1-3H3. The van der Waals surface area contributed by atoms with Crippen LogP contribution in [-0.2, 0) is 6.42 Å². The van der Waals surface area contributed by atoms with Crippen LogP contribution < -0.4 is 0 Å². The molecule has 19 heavy (non-hydrogen) atoms. The molecule has 1 nitrogen and oxygen atoms in total. The summed E-state index contributed by atoms with van der Waals surface area (Å²) in [5, 5.41) is 0.563. The summed E-state index contributed by atoms with van der Waals surface area (Å²) in [6.07, 6.45) is 1.04. The Kier molecular flexibility index (Phi) is 5.40. The number of carbonyl (C=O) groups excluding carboxylic acids is 1. The zero-order valence-electron chi connectivity index (χ0n) is 11.9. The quantitative estimate of drug-likeness (QED) is 0.771. The molecule has 0 spiro atoms. The summed E-state index contributed by atoms with van der Waals surface area (Å²) >= 11 is 3.75. The van der Waals surface area contributed by atoms with Crippen LogP contribution >= 0.6 is 23.5 Å². The van der Waals surface area contributed by atoms with Gasteiger partial charge in [0.05, 0.1) is 5.25 Å². The summed E-state index contributed by atoms with van der Waals surface area (Å²) < 4.78 is 0. The molecular formula is C16H22OS2. The molecule has 0 amide bonds. The molecule has 0 bridgehead atoms. The lowest BCUT2D eigenvalue weighted by Gasteiger charge is -2.26. The van der Waals surface area contributed by atoms with Crippen molar-refractivity contribution in [3.05, 3.63) is 35.4 Å². The van der Waals surface area contributed by atoms with Crippen molar-refractivity contribution in [1.29, 1.82) is 0 Å². The fourth-order valence-electron chi connectivity index (χ4n) is 2.41. The summed E-state index contributed by atoms with van der Waals surface area (Å²) in [6.45, 7) is 6.60. The highest BCUT2D eigenvalue weighted by molar-refractivity contribution is 8.07. The molecule has 1 aromatic rings. The lowest BCUT2D eigenvalue weighted by Crippen LogP contribution is -2.31. The van der Waals surface area contributed by atoms with Crippen molar-refractivity contribution >= 4 is 29.3 Å². The van der Waals surface area contributed by atoms with E-state index in [0.29, 0.717) is 17.0 Å². The first kappa shape index (κ1) is 15.0. The van der Waals surface area contributed by atoms with Gasteiger partial charge in [-0.3, -0.25) is 4.79 Å². The maximum atomic E-state index is 12.6. The van der Waals surface area contributed by atoms with Crippen LogP contribution in [0.4, 0.5) is 0 Å². The second-order valence-corrected chi connectivity index (χ2v) is 8.26. The summed E-state index contributed by atoms with van der Waals surface area (Å²) in [6, 6.07) is 8.22. The topological polar surface area (TPSA) is 17.1 Å². The number of benzene rings is 1. The van der Waals surface area contributed by atoms with Crippen LogP contribution in [-0.4, -0.2) is 27.8 Å². The summed E-state index contributed by atoms with van der Waals surface area (Å²) in [5.74, 6) is 3.21. The van der Waals surface area contributed by atoms with E-state index in [2.05, 4.69) is 32.9 Å². The van der Waals surface area contributed by atoms with Gasteiger partial charge in [-0.1, -0.05) is 39.0 Å². The Bertz CT molecular complexity index is 442. The molecule has 1 fully saturated rings. The molecule has 2 atom stereocenters. The van der Waals surface area contributed by atoms with Crippen molar-refractivity contribution in [2.75, 3.05) is 11.5 Å². The molecule has 104 valence electrons. The molecule has 0 aliphatic carbocycles. The smallest absolute Gasteiger partial charge is 0.176 e. The van der Waals surface area contributed by atoms with Crippen LogP contribution in [0.3, 0.4) is 0 Å². The lowest BCUT2D eigenvalue weighted by atomic mass is 9.98. The van der Waals surface area contributed by atoms with E-state index in [1.807, 2.05) is 35.7 Å². The Morgan fingerprint density at radius 2 is 2.05 bits per heavy atom. The van der Waals surface area contributed by atoms with Crippen LogP contribution in [0.25, 0.3) is 0 Å². The molecule has 1 saturated heterocycles. The molecule has 1 aromatic carbocycles. The first-order valence-electron chi connectivity index (χ1n) is 6.94. The lowest BCUT2D eigenvalue weighted by molar-refractivity contribution is 0.0989.